The van der Waals surface area contributed by atoms with Gasteiger partial charge in [-0.3, -0.25) is 4.57 Å². The van der Waals surface area contributed by atoms with Crippen LogP contribution in [0.3, 0.4) is 0 Å². The lowest BCUT2D eigenvalue weighted by Gasteiger charge is -2.21. The summed E-state index contributed by atoms with van der Waals surface area (Å²) in [6.45, 7) is 4.68. The molecule has 0 amide bonds. The van der Waals surface area contributed by atoms with Gasteiger partial charge in [0.2, 0.25) is 5.95 Å². The van der Waals surface area contributed by atoms with Crippen LogP contribution in [0.5, 0.6) is 0 Å². The van der Waals surface area contributed by atoms with E-state index in [-0.39, 0.29) is 5.41 Å². The molecule has 0 fully saturated rings. The maximum absolute atomic E-state index is 5.43. The van der Waals surface area contributed by atoms with Gasteiger partial charge in [0.15, 0.2) is 0 Å². The Kier molecular flexibility index (Phi) is 5.50. The Morgan fingerprint density at radius 3 is 2.11 bits per heavy atom. The van der Waals surface area contributed by atoms with Crippen molar-refractivity contribution in [3.63, 3.8) is 0 Å². The zero-order valence-electron chi connectivity index (χ0n) is 26.0. The van der Waals surface area contributed by atoms with Gasteiger partial charge in [-0.2, -0.15) is 0 Å². The third kappa shape index (κ3) is 3.79. The Hall–Kier alpha value is -5.58. The summed E-state index contributed by atoms with van der Waals surface area (Å²) in [6.07, 6.45) is 0. The van der Waals surface area contributed by atoms with Gasteiger partial charge in [-0.05, 0) is 58.7 Å². The van der Waals surface area contributed by atoms with Crippen LogP contribution in [0.2, 0.25) is 0 Å². The minimum absolute atomic E-state index is 0.116. The summed E-state index contributed by atoms with van der Waals surface area (Å²) in [7, 11) is 0. The molecule has 0 N–H and O–H groups in total. The average Bonchev–Trinajstić information content (AvgIpc) is 3.73. The quantitative estimate of drug-likeness (QED) is 0.197. The van der Waals surface area contributed by atoms with Gasteiger partial charge in [0.05, 0.1) is 22.4 Å². The molecule has 1 aliphatic carbocycles. The predicted octanol–water partition coefficient (Wildman–Crippen LogP) is 11.6. The molecule has 222 valence electrons. The molecular formula is C43H29N3S. The van der Waals surface area contributed by atoms with E-state index in [4.69, 9.17) is 9.97 Å². The van der Waals surface area contributed by atoms with E-state index in [0.29, 0.717) is 5.95 Å². The Bertz CT molecular complexity index is 2710. The van der Waals surface area contributed by atoms with Gasteiger partial charge in [0.1, 0.15) is 0 Å². The number of hydrogen-bond donors (Lipinski definition) is 0. The highest BCUT2D eigenvalue weighted by molar-refractivity contribution is 7.25. The molecule has 0 radical (unpaired) electrons. The molecule has 0 bridgehead atoms. The van der Waals surface area contributed by atoms with Gasteiger partial charge >= 0.3 is 0 Å². The van der Waals surface area contributed by atoms with Crippen LogP contribution in [-0.4, -0.2) is 14.5 Å². The molecular weight excluding hydrogens is 591 g/mol. The fraction of sp³-hybridized carbons (Fsp3) is 0.0698. The SMILES string of the molecule is CC1(C)c2ccccc2-c2cc3c4ccccc4n(-c4nc(-c5ccccc5)cc(-c5cccc6sc7ccccc7c56)n4)c3cc21. The number of hydrogen-bond acceptors (Lipinski definition) is 3. The third-order valence-electron chi connectivity index (χ3n) is 10.0. The molecule has 0 spiro atoms. The van der Waals surface area contributed by atoms with Gasteiger partial charge in [-0.25, -0.2) is 9.97 Å². The van der Waals surface area contributed by atoms with Crippen molar-refractivity contribution in [1.82, 2.24) is 14.5 Å². The van der Waals surface area contributed by atoms with Gasteiger partial charge in [-0.1, -0.05) is 117 Å². The highest BCUT2D eigenvalue weighted by Crippen LogP contribution is 2.51. The third-order valence-corrected chi connectivity index (χ3v) is 11.2. The molecule has 4 heteroatoms. The maximum atomic E-state index is 5.43. The van der Waals surface area contributed by atoms with E-state index in [1.807, 2.05) is 11.3 Å². The van der Waals surface area contributed by atoms with Crippen LogP contribution in [0.15, 0.2) is 140 Å². The topological polar surface area (TPSA) is 30.7 Å². The van der Waals surface area contributed by atoms with E-state index in [0.717, 1.165) is 33.5 Å². The summed E-state index contributed by atoms with van der Waals surface area (Å²) in [6, 6.07) is 50.2. The molecule has 10 rings (SSSR count). The molecule has 0 aliphatic heterocycles. The fourth-order valence-electron chi connectivity index (χ4n) is 7.80. The normalized spacial score (nSPS) is 13.5. The van der Waals surface area contributed by atoms with Crippen LogP contribution in [-0.2, 0) is 5.41 Å². The lowest BCUT2D eigenvalue weighted by atomic mass is 9.82. The van der Waals surface area contributed by atoms with E-state index < -0.39 is 0 Å². The van der Waals surface area contributed by atoms with Crippen molar-refractivity contribution in [3.8, 4) is 39.6 Å². The van der Waals surface area contributed by atoms with Gasteiger partial charge < -0.3 is 0 Å². The van der Waals surface area contributed by atoms with Crippen molar-refractivity contribution < 1.29 is 0 Å². The van der Waals surface area contributed by atoms with Crippen LogP contribution in [0, 0.1) is 0 Å². The summed E-state index contributed by atoms with van der Waals surface area (Å²) >= 11 is 1.83. The minimum atomic E-state index is -0.116. The van der Waals surface area contributed by atoms with Crippen molar-refractivity contribution in [2.24, 2.45) is 0 Å². The van der Waals surface area contributed by atoms with E-state index in [1.165, 1.54) is 53.2 Å². The molecule has 0 saturated heterocycles. The summed E-state index contributed by atoms with van der Waals surface area (Å²) in [5, 5.41) is 4.93. The largest absolute Gasteiger partial charge is 0.278 e. The molecule has 3 aromatic heterocycles. The van der Waals surface area contributed by atoms with Crippen molar-refractivity contribution in [2.75, 3.05) is 0 Å². The number of fused-ring (bicyclic) bond motifs is 9. The second kappa shape index (κ2) is 9.71. The maximum Gasteiger partial charge on any atom is 0.235 e. The molecule has 0 unspecified atom stereocenters. The zero-order valence-corrected chi connectivity index (χ0v) is 26.8. The van der Waals surface area contributed by atoms with E-state index in [2.05, 4.69) is 158 Å². The Morgan fingerprint density at radius 2 is 1.21 bits per heavy atom. The second-order valence-electron chi connectivity index (χ2n) is 13.0. The van der Waals surface area contributed by atoms with Crippen LogP contribution >= 0.6 is 11.3 Å². The van der Waals surface area contributed by atoms with Crippen LogP contribution < -0.4 is 0 Å². The standard InChI is InChI=1S/C43H29N3S/c1-43(2)33-19-9-6-15-27(33)31-23-32-28-16-7-10-20-37(28)46(38(32)24-34(31)43)42-44-35(26-13-4-3-5-14-26)25-36(45-42)29-18-12-22-40-41(29)30-17-8-11-21-39(30)47-40/h3-25H,1-2H3. The van der Waals surface area contributed by atoms with Crippen molar-refractivity contribution in [1.29, 1.82) is 0 Å². The Balaban J connectivity index is 1.30. The summed E-state index contributed by atoms with van der Waals surface area (Å²) in [4.78, 5) is 10.8. The summed E-state index contributed by atoms with van der Waals surface area (Å²) in [5.41, 5.74) is 11.5. The minimum Gasteiger partial charge on any atom is -0.278 e. The smallest absolute Gasteiger partial charge is 0.235 e. The number of benzene rings is 6. The molecule has 3 heterocycles. The zero-order chi connectivity index (χ0) is 31.3. The lowest BCUT2D eigenvalue weighted by molar-refractivity contribution is 0.661. The number of nitrogens with zero attached hydrogens (tertiary/aromatic N) is 3. The average molecular weight is 620 g/mol. The first kappa shape index (κ1) is 26.6. The molecule has 1 aliphatic rings. The van der Waals surface area contributed by atoms with Gasteiger partial charge in [0.25, 0.3) is 0 Å². The molecule has 6 aromatic carbocycles. The molecule has 9 aromatic rings. The highest BCUT2D eigenvalue weighted by atomic mass is 32.1. The lowest BCUT2D eigenvalue weighted by Crippen LogP contribution is -2.15. The van der Waals surface area contributed by atoms with E-state index in [1.54, 1.807) is 0 Å². The number of para-hydroxylation sites is 1. The monoisotopic (exact) mass is 619 g/mol. The molecule has 0 saturated carbocycles. The van der Waals surface area contributed by atoms with Gasteiger partial charge in [0, 0.05) is 47.5 Å². The van der Waals surface area contributed by atoms with E-state index >= 15 is 0 Å². The molecule has 0 atom stereocenters. The van der Waals surface area contributed by atoms with Crippen LogP contribution in [0.4, 0.5) is 0 Å². The summed E-state index contributed by atoms with van der Waals surface area (Å²) in [5.74, 6) is 0.678. The van der Waals surface area contributed by atoms with Crippen molar-refractivity contribution in [2.45, 2.75) is 19.3 Å². The highest BCUT2D eigenvalue weighted by Gasteiger charge is 2.36. The number of aromatic nitrogens is 3. The molecule has 3 nitrogen and oxygen atoms in total. The number of thiophene rings is 1. The second-order valence-corrected chi connectivity index (χ2v) is 14.1. The van der Waals surface area contributed by atoms with Crippen molar-refractivity contribution in [3.05, 3.63) is 151 Å². The first-order valence-electron chi connectivity index (χ1n) is 16.1. The Labute approximate surface area is 276 Å². The van der Waals surface area contributed by atoms with Crippen LogP contribution in [0.25, 0.3) is 81.6 Å². The molecule has 47 heavy (non-hydrogen) atoms. The fourth-order valence-corrected chi connectivity index (χ4v) is 8.93. The predicted molar refractivity (Wildman–Crippen MR) is 198 cm³/mol. The number of rotatable bonds is 3. The summed E-state index contributed by atoms with van der Waals surface area (Å²) < 4.78 is 4.83. The Morgan fingerprint density at radius 1 is 0.511 bits per heavy atom. The van der Waals surface area contributed by atoms with Gasteiger partial charge in [-0.15, -0.1) is 11.3 Å². The first-order valence-corrected chi connectivity index (χ1v) is 16.9. The van der Waals surface area contributed by atoms with Crippen LogP contribution in [0.1, 0.15) is 25.0 Å². The van der Waals surface area contributed by atoms with Crippen molar-refractivity contribution >= 4 is 53.3 Å². The first-order chi connectivity index (χ1) is 23.1. The van der Waals surface area contributed by atoms with E-state index in [9.17, 15) is 0 Å².